The van der Waals surface area contributed by atoms with E-state index in [-0.39, 0.29) is 19.1 Å². The van der Waals surface area contributed by atoms with Crippen molar-refractivity contribution in [1.82, 2.24) is 10.3 Å². The predicted octanol–water partition coefficient (Wildman–Crippen LogP) is 4.42. The zero-order valence-electron chi connectivity index (χ0n) is 18.1. The van der Waals surface area contributed by atoms with E-state index in [2.05, 4.69) is 10.3 Å². The first-order valence-electron chi connectivity index (χ1n) is 10.7. The number of rotatable bonds is 6. The summed E-state index contributed by atoms with van der Waals surface area (Å²) in [5.41, 5.74) is 4.07. The second kappa shape index (κ2) is 9.23. The highest BCUT2D eigenvalue weighted by Gasteiger charge is 2.30. The van der Waals surface area contributed by atoms with Crippen LogP contribution in [-0.2, 0) is 19.0 Å². The molecule has 5 nitrogen and oxygen atoms in total. The van der Waals surface area contributed by atoms with Gasteiger partial charge in [-0.05, 0) is 66.3 Å². The van der Waals surface area contributed by atoms with Gasteiger partial charge in [0.1, 0.15) is 5.82 Å². The van der Waals surface area contributed by atoms with Gasteiger partial charge in [-0.3, -0.25) is 4.79 Å². The lowest BCUT2D eigenvalue weighted by Crippen LogP contribution is -2.27. The van der Waals surface area contributed by atoms with Gasteiger partial charge in [-0.15, -0.1) is 0 Å². The van der Waals surface area contributed by atoms with E-state index in [1.807, 2.05) is 30.0 Å². The molecule has 2 N–H and O–H groups in total. The maximum Gasteiger partial charge on any atom is 0.416 e. The number of aliphatic hydroxyl groups excluding tert-OH is 1. The van der Waals surface area contributed by atoms with Gasteiger partial charge in [0, 0.05) is 30.5 Å². The summed E-state index contributed by atoms with van der Waals surface area (Å²) in [4.78, 5) is 19.1. The Labute approximate surface area is 189 Å². The predicted molar refractivity (Wildman–Crippen MR) is 120 cm³/mol. The molecule has 3 aromatic rings. The summed E-state index contributed by atoms with van der Waals surface area (Å²) in [7, 11) is 0. The van der Waals surface area contributed by atoms with Gasteiger partial charge in [-0.25, -0.2) is 4.98 Å². The fraction of sp³-hybridized carbons (Fsp3) is 0.280. The number of pyridine rings is 1. The van der Waals surface area contributed by atoms with Crippen molar-refractivity contribution in [3.8, 4) is 0 Å². The molecule has 33 heavy (non-hydrogen) atoms. The number of nitrogens with one attached hydrogen (secondary N) is 1. The van der Waals surface area contributed by atoms with Gasteiger partial charge in [0.15, 0.2) is 0 Å². The quantitative estimate of drug-likeness (QED) is 0.578. The molecule has 0 saturated carbocycles. The average Bonchev–Trinajstić information content (AvgIpc) is 3.22. The molecule has 0 atom stereocenters. The van der Waals surface area contributed by atoms with Crippen LogP contribution >= 0.6 is 0 Å². The van der Waals surface area contributed by atoms with Crippen molar-refractivity contribution >= 4 is 17.4 Å². The molecule has 8 heteroatoms. The number of anilines is 2. The average molecular weight is 455 g/mol. The van der Waals surface area contributed by atoms with Crippen LogP contribution in [0.2, 0.25) is 0 Å². The van der Waals surface area contributed by atoms with Crippen LogP contribution < -0.4 is 10.2 Å². The fourth-order valence-electron chi connectivity index (χ4n) is 4.24. The molecule has 0 fully saturated rings. The minimum atomic E-state index is -4.38. The van der Waals surface area contributed by atoms with Gasteiger partial charge in [0.05, 0.1) is 12.2 Å². The number of carbonyl (C=O) groups excluding carboxylic acids is 1. The molecule has 4 rings (SSSR count). The highest BCUT2D eigenvalue weighted by molar-refractivity contribution is 5.98. The minimum Gasteiger partial charge on any atom is -0.395 e. The number of carbonyl (C=O) groups is 1. The topological polar surface area (TPSA) is 65.5 Å². The first-order valence-corrected chi connectivity index (χ1v) is 10.7. The lowest BCUT2D eigenvalue weighted by atomic mass is 9.99. The van der Waals surface area contributed by atoms with Crippen LogP contribution in [0.25, 0.3) is 0 Å². The van der Waals surface area contributed by atoms with Gasteiger partial charge >= 0.3 is 6.18 Å². The van der Waals surface area contributed by atoms with Crippen molar-refractivity contribution in [1.29, 1.82) is 0 Å². The Balaban J connectivity index is 1.63. The Morgan fingerprint density at radius 2 is 1.97 bits per heavy atom. The minimum absolute atomic E-state index is 0.130. The molecule has 1 aliphatic heterocycles. The summed E-state index contributed by atoms with van der Waals surface area (Å²) < 4.78 is 39.3. The van der Waals surface area contributed by atoms with Gasteiger partial charge < -0.3 is 15.3 Å². The van der Waals surface area contributed by atoms with Crippen LogP contribution in [0.1, 0.15) is 38.2 Å². The number of alkyl halides is 3. The monoisotopic (exact) mass is 455 g/mol. The van der Waals surface area contributed by atoms with Crippen LogP contribution in [0.3, 0.4) is 0 Å². The van der Waals surface area contributed by atoms with Crippen molar-refractivity contribution in [2.75, 3.05) is 24.6 Å². The second-order valence-corrected chi connectivity index (χ2v) is 7.98. The van der Waals surface area contributed by atoms with E-state index in [1.54, 1.807) is 18.3 Å². The molecule has 1 aromatic heterocycles. The number of amides is 1. The van der Waals surface area contributed by atoms with Crippen molar-refractivity contribution in [3.63, 3.8) is 0 Å². The normalized spacial score (nSPS) is 13.2. The van der Waals surface area contributed by atoms with Gasteiger partial charge in [0.2, 0.25) is 0 Å². The Morgan fingerprint density at radius 1 is 1.18 bits per heavy atom. The first kappa shape index (κ1) is 22.8. The van der Waals surface area contributed by atoms with E-state index in [0.29, 0.717) is 30.5 Å². The molecular formula is C25H24F3N3O2. The number of hydrogen-bond donors (Lipinski definition) is 2. The molecule has 0 saturated heterocycles. The third-order valence-corrected chi connectivity index (χ3v) is 5.86. The molecule has 0 unspecified atom stereocenters. The smallest absolute Gasteiger partial charge is 0.395 e. The van der Waals surface area contributed by atoms with E-state index >= 15 is 0 Å². The van der Waals surface area contributed by atoms with Crippen molar-refractivity contribution in [3.05, 3.63) is 88.1 Å². The van der Waals surface area contributed by atoms with E-state index in [9.17, 15) is 18.0 Å². The van der Waals surface area contributed by atoms with Crippen LogP contribution in [0.5, 0.6) is 0 Å². The van der Waals surface area contributed by atoms with E-state index < -0.39 is 11.7 Å². The van der Waals surface area contributed by atoms with Crippen LogP contribution in [0.15, 0.2) is 54.7 Å². The van der Waals surface area contributed by atoms with Crippen LogP contribution in [0.4, 0.5) is 24.7 Å². The van der Waals surface area contributed by atoms with Crippen LogP contribution in [-0.4, -0.2) is 35.7 Å². The van der Waals surface area contributed by atoms with Gasteiger partial charge in [0.25, 0.3) is 5.91 Å². The SMILES string of the molecule is Cc1c(Cc2cccc(C(F)(F)F)c2)ccnc1N1CCc2c(C(=O)NCCO)cccc21. The summed E-state index contributed by atoms with van der Waals surface area (Å²) in [6, 6.07) is 12.7. The maximum absolute atomic E-state index is 13.1. The number of aliphatic hydroxyl groups is 1. The first-order chi connectivity index (χ1) is 15.8. The Morgan fingerprint density at radius 3 is 2.73 bits per heavy atom. The molecule has 1 amide bonds. The Bertz CT molecular complexity index is 1180. The van der Waals surface area contributed by atoms with E-state index in [1.165, 1.54) is 12.1 Å². The second-order valence-electron chi connectivity index (χ2n) is 7.98. The number of hydrogen-bond acceptors (Lipinski definition) is 4. The lowest BCUT2D eigenvalue weighted by molar-refractivity contribution is -0.137. The molecule has 2 heterocycles. The van der Waals surface area contributed by atoms with E-state index in [4.69, 9.17) is 5.11 Å². The molecule has 1 aliphatic rings. The third kappa shape index (κ3) is 4.71. The summed E-state index contributed by atoms with van der Waals surface area (Å²) in [6.45, 7) is 2.61. The molecule has 172 valence electrons. The molecule has 0 aliphatic carbocycles. The number of aromatic nitrogens is 1. The van der Waals surface area contributed by atoms with Crippen molar-refractivity contribution in [2.24, 2.45) is 0 Å². The largest absolute Gasteiger partial charge is 0.416 e. The number of fused-ring (bicyclic) bond motifs is 1. The maximum atomic E-state index is 13.1. The highest BCUT2D eigenvalue weighted by Crippen LogP contribution is 2.38. The fourth-order valence-corrected chi connectivity index (χ4v) is 4.24. The molecule has 0 radical (unpaired) electrons. The highest BCUT2D eigenvalue weighted by atomic mass is 19.4. The Hall–Kier alpha value is -3.39. The summed E-state index contributed by atoms with van der Waals surface area (Å²) in [5, 5.41) is 11.7. The molecule has 2 aromatic carbocycles. The lowest BCUT2D eigenvalue weighted by Gasteiger charge is -2.22. The third-order valence-electron chi connectivity index (χ3n) is 5.86. The molecular weight excluding hydrogens is 431 g/mol. The molecule has 0 bridgehead atoms. The zero-order chi connectivity index (χ0) is 23.6. The Kier molecular flexibility index (Phi) is 6.37. The van der Waals surface area contributed by atoms with Crippen molar-refractivity contribution < 1.29 is 23.1 Å². The summed E-state index contributed by atoms with van der Waals surface area (Å²) in [6.07, 6.45) is -1.69. The number of halogens is 3. The number of nitrogens with zero attached hydrogens (tertiary/aromatic N) is 2. The van der Waals surface area contributed by atoms with Gasteiger partial charge in [-0.2, -0.15) is 13.2 Å². The standard InChI is InChI=1S/C25H24F3N3O2/c1-16-18(14-17-4-2-5-19(15-17)25(26,27)28)8-10-29-23(16)31-12-9-20-21(6-3-7-22(20)31)24(33)30-11-13-32/h2-8,10,15,32H,9,11-14H2,1H3,(H,30,33). The summed E-state index contributed by atoms with van der Waals surface area (Å²) >= 11 is 0. The summed E-state index contributed by atoms with van der Waals surface area (Å²) in [5.74, 6) is 0.497. The zero-order valence-corrected chi connectivity index (χ0v) is 18.1. The van der Waals surface area contributed by atoms with Crippen molar-refractivity contribution in [2.45, 2.75) is 25.9 Å². The van der Waals surface area contributed by atoms with Gasteiger partial charge in [-0.1, -0.05) is 24.3 Å². The van der Waals surface area contributed by atoms with Crippen LogP contribution in [0, 0.1) is 6.92 Å². The van der Waals surface area contributed by atoms with E-state index in [0.717, 1.165) is 34.3 Å². The molecule has 0 spiro atoms. The number of benzene rings is 2.